The van der Waals surface area contributed by atoms with E-state index in [1.165, 1.54) is 0 Å². The van der Waals surface area contributed by atoms with E-state index in [4.69, 9.17) is 16.7 Å². The summed E-state index contributed by atoms with van der Waals surface area (Å²) in [7, 11) is 0. The highest BCUT2D eigenvalue weighted by Crippen LogP contribution is 2.12. The van der Waals surface area contributed by atoms with Gasteiger partial charge >= 0.3 is 0 Å². The molecule has 0 aromatic heterocycles. The summed E-state index contributed by atoms with van der Waals surface area (Å²) in [6.07, 6.45) is 0. The molecule has 4 nitrogen and oxygen atoms in total. The fourth-order valence-electron chi connectivity index (χ4n) is 1.06. The van der Waals surface area contributed by atoms with Gasteiger partial charge in [-0.1, -0.05) is 12.1 Å². The van der Waals surface area contributed by atoms with Crippen molar-refractivity contribution in [2.24, 2.45) is 11.5 Å². The van der Waals surface area contributed by atoms with Crippen LogP contribution in [-0.4, -0.2) is 19.1 Å². The quantitative estimate of drug-likeness (QED) is 0.635. The first-order valence-corrected chi connectivity index (χ1v) is 4.46. The first-order chi connectivity index (χ1) is 6.77. The van der Waals surface area contributed by atoms with Crippen molar-refractivity contribution < 1.29 is 0 Å². The number of hydrogen-bond donors (Lipinski definition) is 3. The van der Waals surface area contributed by atoms with Crippen LogP contribution in [0.4, 0.5) is 5.69 Å². The summed E-state index contributed by atoms with van der Waals surface area (Å²) in [6.45, 7) is 1.01. The highest BCUT2D eigenvalue weighted by Gasteiger charge is 2.02. The monoisotopic (exact) mass is 190 g/mol. The lowest BCUT2D eigenvalue weighted by Gasteiger charge is -2.12. The predicted molar refractivity (Wildman–Crippen MR) is 56.7 cm³/mol. The van der Waals surface area contributed by atoms with Crippen LogP contribution < -0.4 is 16.8 Å². The Labute approximate surface area is 83.5 Å². The van der Waals surface area contributed by atoms with Crippen molar-refractivity contribution in [3.05, 3.63) is 29.8 Å². The van der Waals surface area contributed by atoms with E-state index in [0.717, 1.165) is 5.69 Å². The molecule has 0 heterocycles. The average molecular weight is 190 g/mol. The van der Waals surface area contributed by atoms with Gasteiger partial charge in [0, 0.05) is 19.1 Å². The standard InChI is InChI=1S/C10H14N4/c11-5-8-3-1-2-4-10(8)14-7-9(13)6-12/h1-4,9,14H,6-7,12-13H2. The van der Waals surface area contributed by atoms with Crippen molar-refractivity contribution in [3.8, 4) is 6.07 Å². The molecule has 1 rings (SSSR count). The van der Waals surface area contributed by atoms with Crippen LogP contribution >= 0.6 is 0 Å². The van der Waals surface area contributed by atoms with Crippen LogP contribution in [0.3, 0.4) is 0 Å². The van der Waals surface area contributed by atoms with Crippen LogP contribution in [0, 0.1) is 11.3 Å². The Morgan fingerprint density at radius 1 is 1.43 bits per heavy atom. The van der Waals surface area contributed by atoms with E-state index in [1.807, 2.05) is 18.2 Å². The third-order valence-corrected chi connectivity index (χ3v) is 1.90. The summed E-state index contributed by atoms with van der Waals surface area (Å²) in [5.41, 5.74) is 12.4. The van der Waals surface area contributed by atoms with Crippen LogP contribution in [0.1, 0.15) is 5.56 Å². The summed E-state index contributed by atoms with van der Waals surface area (Å²) >= 11 is 0. The lowest BCUT2D eigenvalue weighted by Crippen LogP contribution is -2.36. The van der Waals surface area contributed by atoms with Crippen molar-refractivity contribution in [2.75, 3.05) is 18.4 Å². The number of para-hydroxylation sites is 1. The minimum atomic E-state index is -0.0817. The molecule has 0 aliphatic heterocycles. The van der Waals surface area contributed by atoms with Crippen LogP contribution in [-0.2, 0) is 0 Å². The molecule has 74 valence electrons. The molecule has 5 N–H and O–H groups in total. The van der Waals surface area contributed by atoms with Crippen molar-refractivity contribution in [3.63, 3.8) is 0 Å². The zero-order valence-corrected chi connectivity index (χ0v) is 7.90. The van der Waals surface area contributed by atoms with Gasteiger partial charge < -0.3 is 16.8 Å². The van der Waals surface area contributed by atoms with E-state index in [9.17, 15) is 0 Å². The Bertz CT molecular complexity index is 329. The molecule has 0 amide bonds. The van der Waals surface area contributed by atoms with Crippen molar-refractivity contribution in [2.45, 2.75) is 6.04 Å². The minimum Gasteiger partial charge on any atom is -0.382 e. The van der Waals surface area contributed by atoms with E-state index < -0.39 is 0 Å². The van der Waals surface area contributed by atoms with E-state index in [2.05, 4.69) is 11.4 Å². The molecule has 0 fully saturated rings. The molecule has 1 aromatic carbocycles. The molecule has 0 saturated heterocycles. The normalized spacial score (nSPS) is 11.8. The lowest BCUT2D eigenvalue weighted by molar-refractivity contribution is 0.713. The van der Waals surface area contributed by atoms with Gasteiger partial charge in [-0.3, -0.25) is 0 Å². The van der Waals surface area contributed by atoms with E-state index in [-0.39, 0.29) is 6.04 Å². The molecular formula is C10H14N4. The summed E-state index contributed by atoms with van der Waals surface area (Å²) in [5, 5.41) is 11.9. The summed E-state index contributed by atoms with van der Waals surface area (Å²) in [6, 6.07) is 9.33. The van der Waals surface area contributed by atoms with E-state index in [1.54, 1.807) is 6.07 Å². The van der Waals surface area contributed by atoms with Crippen molar-refractivity contribution in [1.29, 1.82) is 5.26 Å². The highest BCUT2D eigenvalue weighted by atomic mass is 14.9. The van der Waals surface area contributed by atoms with Gasteiger partial charge in [-0.05, 0) is 12.1 Å². The highest BCUT2D eigenvalue weighted by molar-refractivity contribution is 5.57. The average Bonchev–Trinajstić information content (AvgIpc) is 2.26. The van der Waals surface area contributed by atoms with Gasteiger partial charge in [0.1, 0.15) is 6.07 Å². The number of benzene rings is 1. The molecule has 0 aliphatic carbocycles. The third kappa shape index (κ3) is 2.73. The number of anilines is 1. The second-order valence-electron chi connectivity index (χ2n) is 3.03. The molecule has 1 aromatic rings. The minimum absolute atomic E-state index is 0.0817. The predicted octanol–water partition coefficient (Wildman–Crippen LogP) is 0.256. The van der Waals surface area contributed by atoms with E-state index in [0.29, 0.717) is 18.7 Å². The number of nitrogens with zero attached hydrogens (tertiary/aromatic N) is 1. The Morgan fingerprint density at radius 2 is 2.14 bits per heavy atom. The molecule has 0 aliphatic rings. The molecule has 1 atom stereocenters. The number of nitrogens with two attached hydrogens (primary N) is 2. The molecule has 0 spiro atoms. The Hall–Kier alpha value is -1.57. The smallest absolute Gasteiger partial charge is 0.101 e. The molecule has 4 heteroatoms. The third-order valence-electron chi connectivity index (χ3n) is 1.90. The topological polar surface area (TPSA) is 87.9 Å². The zero-order valence-electron chi connectivity index (χ0n) is 7.90. The maximum atomic E-state index is 8.79. The summed E-state index contributed by atoms with van der Waals surface area (Å²) < 4.78 is 0. The fourth-order valence-corrected chi connectivity index (χ4v) is 1.06. The van der Waals surface area contributed by atoms with Gasteiger partial charge in [0.05, 0.1) is 11.3 Å². The van der Waals surface area contributed by atoms with Crippen LogP contribution in [0.5, 0.6) is 0 Å². The van der Waals surface area contributed by atoms with Crippen LogP contribution in [0.2, 0.25) is 0 Å². The first kappa shape index (κ1) is 10.5. The number of hydrogen-bond acceptors (Lipinski definition) is 4. The molecule has 0 bridgehead atoms. The van der Waals surface area contributed by atoms with Gasteiger partial charge in [-0.15, -0.1) is 0 Å². The SMILES string of the molecule is N#Cc1ccccc1NCC(N)CN. The Balaban J connectivity index is 2.63. The maximum absolute atomic E-state index is 8.79. The Kier molecular flexibility index (Phi) is 3.92. The number of rotatable bonds is 4. The fraction of sp³-hybridized carbons (Fsp3) is 0.300. The van der Waals surface area contributed by atoms with Gasteiger partial charge in [0.25, 0.3) is 0 Å². The second-order valence-corrected chi connectivity index (χ2v) is 3.03. The second kappa shape index (κ2) is 5.22. The van der Waals surface area contributed by atoms with Gasteiger partial charge in [-0.25, -0.2) is 0 Å². The van der Waals surface area contributed by atoms with Crippen molar-refractivity contribution >= 4 is 5.69 Å². The molecule has 0 saturated carbocycles. The van der Waals surface area contributed by atoms with Gasteiger partial charge in [0.15, 0.2) is 0 Å². The van der Waals surface area contributed by atoms with E-state index >= 15 is 0 Å². The number of nitrogens with one attached hydrogen (secondary N) is 1. The summed E-state index contributed by atoms with van der Waals surface area (Å²) in [4.78, 5) is 0. The molecule has 0 radical (unpaired) electrons. The Morgan fingerprint density at radius 3 is 2.79 bits per heavy atom. The zero-order chi connectivity index (χ0) is 10.4. The first-order valence-electron chi connectivity index (χ1n) is 4.46. The lowest BCUT2D eigenvalue weighted by atomic mass is 10.2. The van der Waals surface area contributed by atoms with Crippen LogP contribution in [0.15, 0.2) is 24.3 Å². The van der Waals surface area contributed by atoms with Gasteiger partial charge in [-0.2, -0.15) is 5.26 Å². The molecular weight excluding hydrogens is 176 g/mol. The largest absolute Gasteiger partial charge is 0.382 e. The maximum Gasteiger partial charge on any atom is 0.101 e. The molecule has 1 unspecified atom stereocenters. The van der Waals surface area contributed by atoms with Crippen molar-refractivity contribution in [1.82, 2.24) is 0 Å². The summed E-state index contributed by atoms with van der Waals surface area (Å²) in [5.74, 6) is 0. The van der Waals surface area contributed by atoms with Gasteiger partial charge in [0.2, 0.25) is 0 Å². The van der Waals surface area contributed by atoms with Crippen LogP contribution in [0.25, 0.3) is 0 Å². The molecule has 14 heavy (non-hydrogen) atoms. The number of nitriles is 1.